The smallest absolute Gasteiger partial charge is 0.267 e. The minimum atomic E-state index is -3.90. The third-order valence-electron chi connectivity index (χ3n) is 4.39. The maximum absolute atomic E-state index is 12.7. The van der Waals surface area contributed by atoms with Gasteiger partial charge in [-0.1, -0.05) is 24.3 Å². The van der Waals surface area contributed by atoms with E-state index in [1.165, 1.54) is 12.1 Å². The fourth-order valence-corrected chi connectivity index (χ4v) is 4.06. The monoisotopic (exact) mass is 427 g/mol. The second kappa shape index (κ2) is 7.99. The molecule has 0 unspecified atom stereocenters. The van der Waals surface area contributed by atoms with E-state index in [2.05, 4.69) is 10.4 Å². The van der Waals surface area contributed by atoms with E-state index >= 15 is 0 Å². The van der Waals surface area contributed by atoms with Crippen LogP contribution in [0.5, 0.6) is 11.5 Å². The molecular formula is C20H17N3O6S. The van der Waals surface area contributed by atoms with Crippen LogP contribution in [0.4, 0.5) is 0 Å². The molecule has 0 bridgehead atoms. The van der Waals surface area contributed by atoms with Gasteiger partial charge in [-0.15, -0.1) is 0 Å². The molecule has 0 radical (unpaired) electrons. The van der Waals surface area contributed by atoms with Gasteiger partial charge in [-0.25, -0.2) is 13.1 Å². The van der Waals surface area contributed by atoms with Gasteiger partial charge in [-0.05, 0) is 35.9 Å². The molecule has 4 rings (SSSR count). The highest BCUT2D eigenvalue weighted by Crippen LogP contribution is 2.32. The summed E-state index contributed by atoms with van der Waals surface area (Å²) in [6.45, 7) is -0.0598. The Kier molecular flexibility index (Phi) is 5.23. The SMILES string of the molecule is O=C(Cn1nc(S(=O)(=O)c2ccccc2)ccc1=O)NCc1ccc2c(c1)OCO2. The summed E-state index contributed by atoms with van der Waals surface area (Å²) in [5.41, 5.74) is 0.202. The number of carbonyl (C=O) groups is 1. The first-order chi connectivity index (χ1) is 14.4. The predicted octanol–water partition coefficient (Wildman–Crippen LogP) is 1.12. The standard InChI is InChI=1S/C20H17N3O6S/c24-18(21-11-14-6-7-16-17(10-14)29-13-28-16)12-23-20(25)9-8-19(22-23)30(26,27)15-4-2-1-3-5-15/h1-10H,11-13H2,(H,21,24). The zero-order chi connectivity index (χ0) is 21.1. The summed E-state index contributed by atoms with van der Waals surface area (Å²) in [6.07, 6.45) is 0. The van der Waals surface area contributed by atoms with Crippen molar-refractivity contribution >= 4 is 15.7 Å². The van der Waals surface area contributed by atoms with Gasteiger partial charge in [0.2, 0.25) is 22.5 Å². The van der Waals surface area contributed by atoms with Crippen molar-refractivity contribution < 1.29 is 22.7 Å². The van der Waals surface area contributed by atoms with E-state index < -0.39 is 27.8 Å². The van der Waals surface area contributed by atoms with Gasteiger partial charge < -0.3 is 14.8 Å². The highest BCUT2D eigenvalue weighted by Gasteiger charge is 2.20. The number of hydrogen-bond donors (Lipinski definition) is 1. The molecule has 154 valence electrons. The van der Waals surface area contributed by atoms with Gasteiger partial charge in [0.25, 0.3) is 5.56 Å². The van der Waals surface area contributed by atoms with Crippen molar-refractivity contribution in [1.29, 1.82) is 0 Å². The molecule has 3 aromatic rings. The lowest BCUT2D eigenvalue weighted by molar-refractivity contribution is -0.122. The number of nitrogens with zero attached hydrogens (tertiary/aromatic N) is 2. The number of nitrogens with one attached hydrogen (secondary N) is 1. The molecule has 2 heterocycles. The number of aromatic nitrogens is 2. The number of benzene rings is 2. The molecule has 1 N–H and O–H groups in total. The van der Waals surface area contributed by atoms with Crippen LogP contribution in [0.15, 0.2) is 75.4 Å². The Labute approximate surface area is 171 Å². The number of rotatable bonds is 6. The lowest BCUT2D eigenvalue weighted by atomic mass is 10.2. The van der Waals surface area contributed by atoms with E-state index in [4.69, 9.17) is 9.47 Å². The summed E-state index contributed by atoms with van der Waals surface area (Å²) < 4.78 is 36.7. The lowest BCUT2D eigenvalue weighted by Crippen LogP contribution is -2.33. The van der Waals surface area contributed by atoms with Gasteiger partial charge in [-0.2, -0.15) is 5.10 Å². The number of sulfone groups is 1. The van der Waals surface area contributed by atoms with Gasteiger partial charge in [0, 0.05) is 12.6 Å². The Morgan fingerprint density at radius 2 is 1.80 bits per heavy atom. The molecule has 1 aliphatic heterocycles. The molecule has 9 nitrogen and oxygen atoms in total. The van der Waals surface area contributed by atoms with Crippen LogP contribution in [0, 0.1) is 0 Å². The molecule has 2 aromatic carbocycles. The largest absolute Gasteiger partial charge is 0.454 e. The maximum atomic E-state index is 12.7. The van der Waals surface area contributed by atoms with Crippen molar-refractivity contribution in [2.45, 2.75) is 23.0 Å². The lowest BCUT2D eigenvalue weighted by Gasteiger charge is -2.09. The Morgan fingerprint density at radius 1 is 1.03 bits per heavy atom. The summed E-state index contributed by atoms with van der Waals surface area (Å²) in [5, 5.41) is 6.24. The van der Waals surface area contributed by atoms with Gasteiger partial charge in [0.1, 0.15) is 6.54 Å². The first-order valence-electron chi connectivity index (χ1n) is 8.97. The van der Waals surface area contributed by atoms with Crippen molar-refractivity contribution in [3.05, 3.63) is 76.6 Å². The van der Waals surface area contributed by atoms with Crippen LogP contribution in [-0.4, -0.2) is 30.9 Å². The minimum absolute atomic E-state index is 0.0509. The summed E-state index contributed by atoms with van der Waals surface area (Å²) in [5.74, 6) is 0.743. The molecule has 1 amide bonds. The van der Waals surface area contributed by atoms with E-state index in [0.29, 0.717) is 11.5 Å². The van der Waals surface area contributed by atoms with Gasteiger partial charge in [-0.3, -0.25) is 9.59 Å². The fourth-order valence-electron chi connectivity index (χ4n) is 2.85. The Hall–Kier alpha value is -3.66. The van der Waals surface area contributed by atoms with Crippen molar-refractivity contribution in [2.24, 2.45) is 0 Å². The summed E-state index contributed by atoms with van der Waals surface area (Å²) >= 11 is 0. The normalized spacial score (nSPS) is 12.5. The average molecular weight is 427 g/mol. The van der Waals surface area contributed by atoms with Crippen LogP contribution < -0.4 is 20.3 Å². The first kappa shape index (κ1) is 19.6. The van der Waals surface area contributed by atoms with Crippen LogP contribution in [0.3, 0.4) is 0 Å². The van der Waals surface area contributed by atoms with Crippen LogP contribution in [0.2, 0.25) is 0 Å². The zero-order valence-electron chi connectivity index (χ0n) is 15.6. The molecule has 10 heteroatoms. The number of ether oxygens (including phenoxy) is 2. The van der Waals surface area contributed by atoms with Crippen molar-refractivity contribution in [1.82, 2.24) is 15.1 Å². The average Bonchev–Trinajstić information content (AvgIpc) is 3.22. The van der Waals surface area contributed by atoms with Crippen LogP contribution in [0.25, 0.3) is 0 Å². The molecule has 0 atom stereocenters. The Balaban J connectivity index is 1.47. The number of carbonyl (C=O) groups excluding carboxylic acids is 1. The Morgan fingerprint density at radius 3 is 2.60 bits per heavy atom. The third kappa shape index (κ3) is 4.03. The molecule has 0 fully saturated rings. The fraction of sp³-hybridized carbons (Fsp3) is 0.150. The molecule has 1 aliphatic rings. The van der Waals surface area contributed by atoms with Crippen molar-refractivity contribution in [2.75, 3.05) is 6.79 Å². The number of hydrogen-bond acceptors (Lipinski definition) is 7. The zero-order valence-corrected chi connectivity index (χ0v) is 16.5. The summed E-state index contributed by atoms with van der Waals surface area (Å²) in [7, 11) is -3.90. The summed E-state index contributed by atoms with van der Waals surface area (Å²) in [6, 6.07) is 15.2. The third-order valence-corrected chi connectivity index (χ3v) is 6.05. The van der Waals surface area contributed by atoms with Crippen LogP contribution in [-0.2, 0) is 27.7 Å². The second-order valence-corrected chi connectivity index (χ2v) is 8.34. The number of amides is 1. The van der Waals surface area contributed by atoms with Crippen LogP contribution in [0.1, 0.15) is 5.56 Å². The molecule has 30 heavy (non-hydrogen) atoms. The van der Waals surface area contributed by atoms with E-state index in [-0.39, 0.29) is 23.3 Å². The van der Waals surface area contributed by atoms with E-state index in [0.717, 1.165) is 22.4 Å². The number of fused-ring (bicyclic) bond motifs is 1. The van der Waals surface area contributed by atoms with Crippen molar-refractivity contribution in [3.8, 4) is 11.5 Å². The quantitative estimate of drug-likeness (QED) is 0.627. The topological polar surface area (TPSA) is 117 Å². The highest BCUT2D eigenvalue weighted by molar-refractivity contribution is 7.91. The van der Waals surface area contributed by atoms with E-state index in [1.54, 1.807) is 36.4 Å². The van der Waals surface area contributed by atoms with E-state index in [1.807, 2.05) is 0 Å². The van der Waals surface area contributed by atoms with Gasteiger partial charge >= 0.3 is 0 Å². The minimum Gasteiger partial charge on any atom is -0.454 e. The summed E-state index contributed by atoms with van der Waals surface area (Å²) in [4.78, 5) is 24.4. The predicted molar refractivity (Wildman–Crippen MR) is 105 cm³/mol. The second-order valence-electron chi connectivity index (χ2n) is 6.45. The molecule has 0 spiro atoms. The van der Waals surface area contributed by atoms with Gasteiger partial charge in [0.05, 0.1) is 4.90 Å². The first-order valence-corrected chi connectivity index (χ1v) is 10.5. The molecule has 1 aromatic heterocycles. The van der Waals surface area contributed by atoms with E-state index in [9.17, 15) is 18.0 Å². The molecular weight excluding hydrogens is 410 g/mol. The van der Waals surface area contributed by atoms with Gasteiger partial charge in [0.15, 0.2) is 16.5 Å². The Bertz CT molecular complexity index is 1260. The maximum Gasteiger partial charge on any atom is 0.267 e. The highest BCUT2D eigenvalue weighted by atomic mass is 32.2. The molecule has 0 saturated carbocycles. The molecule has 0 aliphatic carbocycles. The van der Waals surface area contributed by atoms with Crippen molar-refractivity contribution in [3.63, 3.8) is 0 Å². The molecule has 0 saturated heterocycles. The van der Waals surface area contributed by atoms with Crippen LogP contribution >= 0.6 is 0 Å².